The van der Waals surface area contributed by atoms with E-state index in [2.05, 4.69) is 18.9 Å². The van der Waals surface area contributed by atoms with Crippen LogP contribution < -0.4 is 5.73 Å². The third kappa shape index (κ3) is 2.42. The number of halogens is 1. The van der Waals surface area contributed by atoms with Gasteiger partial charge in [-0.3, -0.25) is 4.68 Å². The molecule has 0 saturated heterocycles. The van der Waals surface area contributed by atoms with Crippen molar-refractivity contribution in [1.82, 2.24) is 9.78 Å². The summed E-state index contributed by atoms with van der Waals surface area (Å²) in [6.07, 6.45) is 5.88. The smallest absolute Gasteiger partial charge is 0.0834 e. The van der Waals surface area contributed by atoms with Crippen molar-refractivity contribution in [3.8, 4) is 0 Å². The van der Waals surface area contributed by atoms with Crippen molar-refractivity contribution >= 4 is 11.6 Å². The second-order valence-corrected chi connectivity index (χ2v) is 5.87. The van der Waals surface area contributed by atoms with Gasteiger partial charge in [0.05, 0.1) is 28.6 Å². The van der Waals surface area contributed by atoms with E-state index in [1.807, 2.05) is 4.68 Å². The Hall–Kier alpha value is -0.580. The number of hydrogen-bond acceptors (Lipinski definition) is 3. The van der Waals surface area contributed by atoms with Gasteiger partial charge in [-0.2, -0.15) is 5.10 Å². The summed E-state index contributed by atoms with van der Waals surface area (Å²) in [6, 6.07) is 0.140. The van der Waals surface area contributed by atoms with E-state index in [9.17, 15) is 0 Å². The van der Waals surface area contributed by atoms with Crippen LogP contribution in [0.2, 0.25) is 5.02 Å². The highest BCUT2D eigenvalue weighted by atomic mass is 35.5. The van der Waals surface area contributed by atoms with Crippen LogP contribution in [0.4, 0.5) is 0 Å². The number of methoxy groups -OCH3 is 1. The predicted molar refractivity (Wildman–Crippen MR) is 72.8 cm³/mol. The maximum atomic E-state index is 6.32. The Morgan fingerprint density at radius 3 is 2.67 bits per heavy atom. The number of nitrogens with two attached hydrogens (primary N) is 1. The van der Waals surface area contributed by atoms with Crippen LogP contribution in [0.1, 0.15) is 57.3 Å². The molecule has 1 unspecified atom stereocenters. The first kappa shape index (κ1) is 13.8. The third-order valence-corrected chi connectivity index (χ3v) is 4.21. The average Bonchev–Trinajstić information content (AvgIpc) is 2.65. The number of aromatic nitrogens is 2. The lowest BCUT2D eigenvalue weighted by atomic mass is 9.75. The lowest BCUT2D eigenvalue weighted by Crippen LogP contribution is -2.42. The number of nitrogens with zero attached hydrogens (tertiary/aromatic N) is 2. The molecule has 2 rings (SSSR count). The molecule has 1 saturated carbocycles. The molecule has 0 bridgehead atoms. The van der Waals surface area contributed by atoms with Crippen molar-refractivity contribution in [1.29, 1.82) is 0 Å². The zero-order valence-electron chi connectivity index (χ0n) is 11.3. The summed E-state index contributed by atoms with van der Waals surface area (Å²) in [7, 11) is 1.77. The molecule has 1 atom stereocenters. The van der Waals surface area contributed by atoms with Gasteiger partial charge in [-0.15, -0.1) is 0 Å². The second kappa shape index (κ2) is 5.19. The molecule has 0 spiro atoms. The molecule has 0 aromatic carbocycles. The Bertz CT molecular complexity index is 407. The van der Waals surface area contributed by atoms with Crippen molar-refractivity contribution in [3.05, 3.63) is 16.9 Å². The molecule has 0 radical (unpaired) electrons. The highest BCUT2D eigenvalue weighted by Gasteiger charge is 2.39. The highest BCUT2D eigenvalue weighted by molar-refractivity contribution is 6.31. The van der Waals surface area contributed by atoms with Gasteiger partial charge >= 0.3 is 0 Å². The number of hydrogen-bond donors (Lipinski definition) is 1. The van der Waals surface area contributed by atoms with Crippen molar-refractivity contribution in [3.63, 3.8) is 0 Å². The maximum Gasteiger partial charge on any atom is 0.0834 e. The summed E-state index contributed by atoms with van der Waals surface area (Å²) >= 11 is 6.21. The van der Waals surface area contributed by atoms with E-state index in [1.165, 1.54) is 6.42 Å². The number of ether oxygens (including phenoxy) is 1. The summed E-state index contributed by atoms with van der Waals surface area (Å²) in [5.41, 5.74) is 7.20. The highest BCUT2D eigenvalue weighted by Crippen LogP contribution is 2.42. The fourth-order valence-electron chi connectivity index (χ4n) is 2.67. The van der Waals surface area contributed by atoms with E-state index in [4.69, 9.17) is 22.1 Å². The maximum absolute atomic E-state index is 6.32. The first-order chi connectivity index (χ1) is 8.49. The first-order valence-electron chi connectivity index (χ1n) is 6.53. The normalized spacial score (nSPS) is 19.9. The second-order valence-electron chi connectivity index (χ2n) is 5.47. The van der Waals surface area contributed by atoms with Crippen LogP contribution in [-0.4, -0.2) is 22.5 Å². The van der Waals surface area contributed by atoms with Crippen molar-refractivity contribution in [2.75, 3.05) is 7.11 Å². The summed E-state index contributed by atoms with van der Waals surface area (Å²) in [5.74, 6) is 0. The zero-order chi connectivity index (χ0) is 13.3. The molecule has 5 heteroatoms. The standard InChI is InChI=1S/C13H22ClN3O/c1-9(2)17-12(10(14)8-16-17)11(15)7-13(18-3)5-4-6-13/h8-9,11H,4-7,15H2,1-3H3. The monoisotopic (exact) mass is 271 g/mol. The van der Waals surface area contributed by atoms with Crippen LogP contribution >= 0.6 is 11.6 Å². The molecule has 1 aromatic rings. The van der Waals surface area contributed by atoms with Gasteiger partial charge in [-0.25, -0.2) is 0 Å². The van der Waals surface area contributed by atoms with E-state index < -0.39 is 0 Å². The van der Waals surface area contributed by atoms with Gasteiger partial charge in [-0.1, -0.05) is 11.6 Å². The molecule has 2 N–H and O–H groups in total. The molecule has 4 nitrogen and oxygen atoms in total. The Labute approximate surface area is 113 Å². The lowest BCUT2D eigenvalue weighted by molar-refractivity contribution is -0.0821. The Balaban J connectivity index is 2.18. The lowest BCUT2D eigenvalue weighted by Gasteiger charge is -2.42. The quantitative estimate of drug-likeness (QED) is 0.895. The van der Waals surface area contributed by atoms with Crippen LogP contribution in [0.25, 0.3) is 0 Å². The Morgan fingerprint density at radius 2 is 2.22 bits per heavy atom. The summed E-state index contributed by atoms with van der Waals surface area (Å²) in [5, 5.41) is 4.95. The Kier molecular flexibility index (Phi) is 3.99. The first-order valence-corrected chi connectivity index (χ1v) is 6.90. The third-order valence-electron chi connectivity index (χ3n) is 3.92. The van der Waals surface area contributed by atoms with Crippen LogP contribution in [0.3, 0.4) is 0 Å². The molecule has 1 aliphatic carbocycles. The molecule has 0 aliphatic heterocycles. The molecule has 0 amide bonds. The predicted octanol–water partition coefficient (Wildman–Crippen LogP) is 3.08. The van der Waals surface area contributed by atoms with Gasteiger partial charge in [0, 0.05) is 13.2 Å². The van der Waals surface area contributed by atoms with Gasteiger partial charge in [0.25, 0.3) is 0 Å². The Morgan fingerprint density at radius 1 is 1.56 bits per heavy atom. The van der Waals surface area contributed by atoms with Gasteiger partial charge < -0.3 is 10.5 Å². The summed E-state index contributed by atoms with van der Waals surface area (Å²) in [6.45, 7) is 4.16. The minimum absolute atomic E-state index is 0.0468. The molecule has 18 heavy (non-hydrogen) atoms. The van der Waals surface area contributed by atoms with Crippen molar-refractivity contribution in [2.45, 2.75) is 57.2 Å². The molecular weight excluding hydrogens is 250 g/mol. The number of rotatable bonds is 5. The van der Waals surface area contributed by atoms with Gasteiger partial charge in [0.15, 0.2) is 0 Å². The molecule has 102 valence electrons. The summed E-state index contributed by atoms with van der Waals surface area (Å²) < 4.78 is 7.54. The largest absolute Gasteiger partial charge is 0.378 e. The minimum atomic E-state index is -0.123. The summed E-state index contributed by atoms with van der Waals surface area (Å²) in [4.78, 5) is 0. The van der Waals surface area contributed by atoms with E-state index in [-0.39, 0.29) is 17.7 Å². The van der Waals surface area contributed by atoms with Crippen LogP contribution in [-0.2, 0) is 4.74 Å². The van der Waals surface area contributed by atoms with Crippen LogP contribution in [0.15, 0.2) is 6.20 Å². The van der Waals surface area contributed by atoms with Crippen molar-refractivity contribution < 1.29 is 4.74 Å². The molecule has 1 aliphatic rings. The fourth-order valence-corrected chi connectivity index (χ4v) is 2.94. The van der Waals surface area contributed by atoms with E-state index in [1.54, 1.807) is 13.3 Å². The van der Waals surface area contributed by atoms with Gasteiger partial charge in [-0.05, 0) is 39.5 Å². The van der Waals surface area contributed by atoms with E-state index in [0.29, 0.717) is 5.02 Å². The van der Waals surface area contributed by atoms with E-state index >= 15 is 0 Å². The average molecular weight is 272 g/mol. The molecular formula is C13H22ClN3O. The molecule has 1 aromatic heterocycles. The van der Waals surface area contributed by atoms with Gasteiger partial charge in [0.2, 0.25) is 0 Å². The van der Waals surface area contributed by atoms with Crippen molar-refractivity contribution in [2.24, 2.45) is 5.73 Å². The minimum Gasteiger partial charge on any atom is -0.378 e. The SMILES string of the molecule is COC1(CC(N)c2c(Cl)cnn2C(C)C)CCC1. The van der Waals surface area contributed by atoms with Gasteiger partial charge in [0.1, 0.15) is 0 Å². The van der Waals surface area contributed by atoms with Crippen LogP contribution in [0.5, 0.6) is 0 Å². The zero-order valence-corrected chi connectivity index (χ0v) is 12.1. The topological polar surface area (TPSA) is 53.1 Å². The van der Waals surface area contributed by atoms with Crippen LogP contribution in [0, 0.1) is 0 Å². The van der Waals surface area contributed by atoms with E-state index in [0.717, 1.165) is 25.0 Å². The molecule has 1 heterocycles. The molecule has 1 fully saturated rings. The fraction of sp³-hybridized carbons (Fsp3) is 0.769.